The molecule has 2 aliphatic rings. The zero-order valence-corrected chi connectivity index (χ0v) is 15.1. The van der Waals surface area contributed by atoms with E-state index in [1.54, 1.807) is 0 Å². The zero-order valence-electron chi connectivity index (χ0n) is 15.1. The number of esters is 1. The molecule has 0 radical (unpaired) electrons. The number of nitrogens with one attached hydrogen (secondary N) is 1. The standard InChI is InChI=1S/C18H33N3O2/c1-4-19-17(20-14-18(3)10-6-7-11-18)21-12-8-15(9-13-21)16(22)23-5-2/h15H,4-14H2,1-3H3,(H,19,20). The summed E-state index contributed by atoms with van der Waals surface area (Å²) >= 11 is 0. The van der Waals surface area contributed by atoms with E-state index in [0.717, 1.165) is 45.0 Å². The van der Waals surface area contributed by atoms with Crippen LogP contribution in [-0.4, -0.2) is 49.6 Å². The van der Waals surface area contributed by atoms with Gasteiger partial charge in [0.1, 0.15) is 0 Å². The van der Waals surface area contributed by atoms with Crippen LogP contribution in [-0.2, 0) is 9.53 Å². The highest BCUT2D eigenvalue weighted by Crippen LogP contribution is 2.37. The van der Waals surface area contributed by atoms with Gasteiger partial charge in [0.2, 0.25) is 0 Å². The van der Waals surface area contributed by atoms with Crippen molar-refractivity contribution in [1.29, 1.82) is 0 Å². The average molecular weight is 323 g/mol. The van der Waals surface area contributed by atoms with Gasteiger partial charge in [0.05, 0.1) is 12.5 Å². The number of carbonyl (C=O) groups excluding carboxylic acids is 1. The highest BCUT2D eigenvalue weighted by Gasteiger charge is 2.30. The van der Waals surface area contributed by atoms with Crippen molar-refractivity contribution in [3.8, 4) is 0 Å². The number of hydrogen-bond donors (Lipinski definition) is 1. The normalized spacial score (nSPS) is 22.2. The summed E-state index contributed by atoms with van der Waals surface area (Å²) in [5.74, 6) is 1.04. The average Bonchev–Trinajstić information content (AvgIpc) is 2.99. The third-order valence-electron chi connectivity index (χ3n) is 5.17. The van der Waals surface area contributed by atoms with Crippen LogP contribution in [0.4, 0.5) is 0 Å². The van der Waals surface area contributed by atoms with Crippen LogP contribution in [0.25, 0.3) is 0 Å². The third-order valence-corrected chi connectivity index (χ3v) is 5.17. The van der Waals surface area contributed by atoms with Crippen LogP contribution in [0.3, 0.4) is 0 Å². The van der Waals surface area contributed by atoms with Gasteiger partial charge in [-0.25, -0.2) is 0 Å². The Morgan fingerprint density at radius 1 is 1.26 bits per heavy atom. The molecule has 5 heteroatoms. The number of nitrogens with zero attached hydrogens (tertiary/aromatic N) is 2. The Balaban J connectivity index is 1.90. The number of rotatable bonds is 5. The molecule has 2 fully saturated rings. The van der Waals surface area contributed by atoms with Gasteiger partial charge in [-0.1, -0.05) is 19.8 Å². The minimum absolute atomic E-state index is 0.0347. The van der Waals surface area contributed by atoms with Crippen LogP contribution in [0.1, 0.15) is 59.3 Å². The first-order chi connectivity index (χ1) is 11.1. The van der Waals surface area contributed by atoms with E-state index in [0.29, 0.717) is 12.0 Å². The predicted molar refractivity (Wildman–Crippen MR) is 93.5 cm³/mol. The van der Waals surface area contributed by atoms with Crippen molar-refractivity contribution < 1.29 is 9.53 Å². The number of likely N-dealkylation sites (tertiary alicyclic amines) is 1. The van der Waals surface area contributed by atoms with Crippen molar-refractivity contribution in [2.45, 2.75) is 59.3 Å². The van der Waals surface area contributed by atoms with Crippen LogP contribution < -0.4 is 5.32 Å². The topological polar surface area (TPSA) is 53.9 Å². The van der Waals surface area contributed by atoms with Crippen LogP contribution in [0.2, 0.25) is 0 Å². The van der Waals surface area contributed by atoms with Gasteiger partial charge in [-0.15, -0.1) is 0 Å². The minimum Gasteiger partial charge on any atom is -0.466 e. The molecule has 1 N–H and O–H groups in total. The lowest BCUT2D eigenvalue weighted by Crippen LogP contribution is -2.47. The molecule has 132 valence electrons. The monoisotopic (exact) mass is 323 g/mol. The lowest BCUT2D eigenvalue weighted by Gasteiger charge is -2.34. The maximum absolute atomic E-state index is 11.9. The third kappa shape index (κ3) is 5.11. The van der Waals surface area contributed by atoms with E-state index in [4.69, 9.17) is 9.73 Å². The van der Waals surface area contributed by atoms with Crippen molar-refractivity contribution in [1.82, 2.24) is 10.2 Å². The molecule has 0 unspecified atom stereocenters. The zero-order chi connectivity index (χ0) is 16.7. The largest absolute Gasteiger partial charge is 0.466 e. The number of aliphatic imine (C=N–C) groups is 1. The smallest absolute Gasteiger partial charge is 0.309 e. The van der Waals surface area contributed by atoms with E-state index >= 15 is 0 Å². The van der Waals surface area contributed by atoms with E-state index in [2.05, 4.69) is 24.1 Å². The number of guanidine groups is 1. The highest BCUT2D eigenvalue weighted by atomic mass is 16.5. The number of ether oxygens (including phenoxy) is 1. The molecule has 0 atom stereocenters. The van der Waals surface area contributed by atoms with Gasteiger partial charge in [0.25, 0.3) is 0 Å². The summed E-state index contributed by atoms with van der Waals surface area (Å²) in [4.78, 5) is 19.1. The first kappa shape index (κ1) is 18.1. The van der Waals surface area contributed by atoms with Crippen molar-refractivity contribution in [3.63, 3.8) is 0 Å². The molecule has 0 amide bonds. The van der Waals surface area contributed by atoms with E-state index < -0.39 is 0 Å². The summed E-state index contributed by atoms with van der Waals surface area (Å²) in [5, 5.41) is 3.42. The lowest BCUT2D eigenvalue weighted by atomic mass is 9.89. The van der Waals surface area contributed by atoms with Crippen LogP contribution in [0, 0.1) is 11.3 Å². The van der Waals surface area contributed by atoms with E-state index in [1.165, 1.54) is 25.7 Å². The first-order valence-corrected chi connectivity index (χ1v) is 9.28. The fourth-order valence-corrected chi connectivity index (χ4v) is 3.67. The molecule has 1 heterocycles. The van der Waals surface area contributed by atoms with Gasteiger partial charge >= 0.3 is 5.97 Å². The molecule has 0 bridgehead atoms. The van der Waals surface area contributed by atoms with Crippen LogP contribution in [0.5, 0.6) is 0 Å². The molecule has 1 aliphatic carbocycles. The molecule has 0 spiro atoms. The fourth-order valence-electron chi connectivity index (χ4n) is 3.67. The van der Waals surface area contributed by atoms with Gasteiger partial charge in [-0.2, -0.15) is 0 Å². The molecule has 2 rings (SSSR count). The summed E-state index contributed by atoms with van der Waals surface area (Å²) in [7, 11) is 0. The summed E-state index contributed by atoms with van der Waals surface area (Å²) in [6.07, 6.45) is 6.99. The Morgan fingerprint density at radius 2 is 1.91 bits per heavy atom. The summed E-state index contributed by atoms with van der Waals surface area (Å²) in [6, 6.07) is 0. The Morgan fingerprint density at radius 3 is 2.48 bits per heavy atom. The second kappa shape index (κ2) is 8.55. The minimum atomic E-state index is -0.0347. The summed E-state index contributed by atoms with van der Waals surface area (Å²) in [6.45, 7) is 10.4. The van der Waals surface area contributed by atoms with E-state index in [9.17, 15) is 4.79 Å². The molecule has 5 nitrogen and oxygen atoms in total. The predicted octanol–water partition coefficient (Wildman–Crippen LogP) is 2.81. The van der Waals surface area contributed by atoms with E-state index in [1.807, 2.05) is 6.92 Å². The molecule has 0 aromatic rings. The van der Waals surface area contributed by atoms with Gasteiger partial charge in [-0.05, 0) is 44.9 Å². The molecule has 0 aromatic carbocycles. The van der Waals surface area contributed by atoms with Gasteiger partial charge < -0.3 is 15.0 Å². The van der Waals surface area contributed by atoms with Crippen molar-refractivity contribution in [2.75, 3.05) is 32.8 Å². The Bertz CT molecular complexity index is 408. The lowest BCUT2D eigenvalue weighted by molar-refractivity contribution is -0.149. The number of carbonyl (C=O) groups is 1. The SMILES string of the molecule is CCNC(=NCC1(C)CCCC1)N1CCC(C(=O)OCC)CC1. The first-order valence-electron chi connectivity index (χ1n) is 9.28. The summed E-state index contributed by atoms with van der Waals surface area (Å²) < 4.78 is 5.15. The number of hydrogen-bond acceptors (Lipinski definition) is 3. The summed E-state index contributed by atoms with van der Waals surface area (Å²) in [5.41, 5.74) is 0.379. The molecular weight excluding hydrogens is 290 g/mol. The molecule has 1 saturated heterocycles. The van der Waals surface area contributed by atoms with Gasteiger partial charge in [0, 0.05) is 26.2 Å². The van der Waals surface area contributed by atoms with Gasteiger partial charge in [-0.3, -0.25) is 9.79 Å². The van der Waals surface area contributed by atoms with Crippen LogP contribution >= 0.6 is 0 Å². The van der Waals surface area contributed by atoms with Gasteiger partial charge in [0.15, 0.2) is 5.96 Å². The maximum atomic E-state index is 11.9. The second-order valence-electron chi connectivity index (χ2n) is 7.20. The quantitative estimate of drug-likeness (QED) is 0.480. The second-order valence-corrected chi connectivity index (χ2v) is 7.20. The molecule has 1 saturated carbocycles. The van der Waals surface area contributed by atoms with Crippen molar-refractivity contribution in [2.24, 2.45) is 16.3 Å². The highest BCUT2D eigenvalue weighted by molar-refractivity contribution is 5.80. The molecular formula is C18H33N3O2. The Labute approximate surface area is 140 Å². The number of piperidine rings is 1. The maximum Gasteiger partial charge on any atom is 0.309 e. The molecule has 0 aromatic heterocycles. The van der Waals surface area contributed by atoms with Crippen molar-refractivity contribution in [3.05, 3.63) is 0 Å². The Kier molecular flexibility index (Phi) is 6.72. The van der Waals surface area contributed by atoms with Crippen LogP contribution in [0.15, 0.2) is 4.99 Å². The Hall–Kier alpha value is -1.26. The molecule has 23 heavy (non-hydrogen) atoms. The van der Waals surface area contributed by atoms with E-state index in [-0.39, 0.29) is 11.9 Å². The van der Waals surface area contributed by atoms with Crippen molar-refractivity contribution >= 4 is 11.9 Å². The fraction of sp³-hybridized carbons (Fsp3) is 0.889. The molecule has 1 aliphatic heterocycles.